The monoisotopic (exact) mass is 594 g/mol. The number of phenolic OH excluding ortho intramolecular Hbond substituents is 1. The lowest BCUT2D eigenvalue weighted by atomic mass is 9.98. The fourth-order valence-corrected chi connectivity index (χ4v) is 5.07. The van der Waals surface area contributed by atoms with Crippen molar-refractivity contribution in [3.05, 3.63) is 95.1 Å². The lowest BCUT2D eigenvalue weighted by Crippen LogP contribution is -2.55. The molecule has 228 valence electrons. The first-order valence-electron chi connectivity index (χ1n) is 13.9. The number of aromatic hydroxyl groups is 1. The van der Waals surface area contributed by atoms with Gasteiger partial charge in [-0.3, -0.25) is 14.4 Å². The lowest BCUT2D eigenvalue weighted by Gasteiger charge is -2.30. The first-order chi connectivity index (χ1) is 20.4. The van der Waals surface area contributed by atoms with E-state index in [1.54, 1.807) is 49.4 Å². The summed E-state index contributed by atoms with van der Waals surface area (Å²) >= 11 is 0. The number of rotatable bonds is 10. The Morgan fingerprint density at radius 2 is 1.67 bits per heavy atom. The van der Waals surface area contributed by atoms with Crippen molar-refractivity contribution in [2.45, 2.75) is 50.4 Å². The van der Waals surface area contributed by atoms with Gasteiger partial charge in [0.15, 0.2) is 6.10 Å². The molecule has 3 aromatic carbocycles. The van der Waals surface area contributed by atoms with Crippen molar-refractivity contribution < 1.29 is 33.4 Å². The van der Waals surface area contributed by atoms with E-state index < -0.39 is 54.8 Å². The van der Waals surface area contributed by atoms with Crippen LogP contribution >= 0.6 is 0 Å². The Morgan fingerprint density at radius 1 is 1.00 bits per heavy atom. The number of hydrogen-bond donors (Lipinski definition) is 4. The van der Waals surface area contributed by atoms with Crippen LogP contribution in [0, 0.1) is 6.92 Å². The van der Waals surface area contributed by atoms with Crippen LogP contribution in [0.5, 0.6) is 5.75 Å². The van der Waals surface area contributed by atoms with Crippen molar-refractivity contribution in [2.75, 3.05) is 25.5 Å². The maximum absolute atomic E-state index is 14.6. The molecule has 0 aliphatic carbocycles. The number of alkyl halides is 2. The van der Waals surface area contributed by atoms with Crippen LogP contribution in [-0.2, 0) is 22.6 Å². The molecule has 4 N–H and O–H groups in total. The molecule has 3 amide bonds. The molecule has 1 aliphatic rings. The maximum atomic E-state index is 14.6. The van der Waals surface area contributed by atoms with Gasteiger partial charge in [-0.2, -0.15) is 0 Å². The molecule has 0 bridgehead atoms. The molecular weight excluding hydrogens is 558 g/mol. The number of halogens is 2. The van der Waals surface area contributed by atoms with Gasteiger partial charge in [-0.1, -0.05) is 48.5 Å². The van der Waals surface area contributed by atoms with E-state index in [4.69, 9.17) is 0 Å². The van der Waals surface area contributed by atoms with Crippen LogP contribution in [-0.4, -0.2) is 77.6 Å². The summed E-state index contributed by atoms with van der Waals surface area (Å²) < 4.78 is 29.2. The molecule has 3 aromatic rings. The molecule has 1 saturated heterocycles. The second-order valence-corrected chi connectivity index (χ2v) is 11.0. The smallest absolute Gasteiger partial charge is 0.267 e. The number of phenols is 1. The standard InChI is InChI=1S/C32H36F2N4O5/c1-20-24(10-7-11-27(20)39)29(41)36-25(16-21-8-5-4-6-9-21)28(40)31(43)38-19-32(33,34)17-26(38)30(42)35-18-22-12-14-23(15-13-22)37(2)3/h4-15,25-26,28,39-40H,16-19H2,1-3H3,(H,35,42)(H,36,41). The number of carbonyl (C=O) groups is 3. The minimum atomic E-state index is -3.35. The maximum Gasteiger partial charge on any atom is 0.267 e. The van der Waals surface area contributed by atoms with Crippen molar-refractivity contribution in [3.63, 3.8) is 0 Å². The Labute approximate surface area is 249 Å². The second-order valence-electron chi connectivity index (χ2n) is 11.0. The number of hydrogen-bond acceptors (Lipinski definition) is 6. The Hall–Kier alpha value is -4.51. The van der Waals surface area contributed by atoms with Crippen LogP contribution < -0.4 is 15.5 Å². The molecule has 1 fully saturated rings. The summed E-state index contributed by atoms with van der Waals surface area (Å²) in [5.74, 6) is -5.98. The highest BCUT2D eigenvalue weighted by atomic mass is 19.3. The van der Waals surface area contributed by atoms with Gasteiger partial charge in [0.05, 0.1) is 12.6 Å². The Bertz CT molecular complexity index is 1450. The highest BCUT2D eigenvalue weighted by Gasteiger charge is 2.51. The molecule has 3 atom stereocenters. The third-order valence-electron chi connectivity index (χ3n) is 7.57. The molecule has 4 rings (SSSR count). The highest BCUT2D eigenvalue weighted by molar-refractivity contribution is 5.97. The highest BCUT2D eigenvalue weighted by Crippen LogP contribution is 2.33. The van der Waals surface area contributed by atoms with Gasteiger partial charge >= 0.3 is 0 Å². The van der Waals surface area contributed by atoms with Crippen molar-refractivity contribution in [3.8, 4) is 5.75 Å². The molecule has 11 heteroatoms. The van der Waals surface area contributed by atoms with Gasteiger partial charge in [0, 0.05) is 43.9 Å². The Kier molecular flexibility index (Phi) is 9.65. The fraction of sp³-hybridized carbons (Fsp3) is 0.344. The largest absolute Gasteiger partial charge is 0.508 e. The molecule has 9 nitrogen and oxygen atoms in total. The molecule has 0 saturated carbocycles. The van der Waals surface area contributed by atoms with E-state index in [2.05, 4.69) is 10.6 Å². The summed E-state index contributed by atoms with van der Waals surface area (Å²) in [5, 5.41) is 26.5. The summed E-state index contributed by atoms with van der Waals surface area (Å²) in [6, 6.07) is 17.7. The topological polar surface area (TPSA) is 122 Å². The second kappa shape index (κ2) is 13.2. The zero-order valence-corrected chi connectivity index (χ0v) is 24.3. The number of aliphatic hydroxyl groups is 1. The third kappa shape index (κ3) is 7.66. The SMILES string of the molecule is Cc1c(O)cccc1C(=O)NC(Cc1ccccc1)C(O)C(=O)N1CC(F)(F)CC1C(=O)NCc1ccc(N(C)C)cc1. The molecule has 0 spiro atoms. The fourth-order valence-electron chi connectivity index (χ4n) is 5.07. The molecule has 0 radical (unpaired) electrons. The van der Waals surface area contributed by atoms with Crippen molar-refractivity contribution in [2.24, 2.45) is 0 Å². The van der Waals surface area contributed by atoms with E-state index in [0.29, 0.717) is 16.0 Å². The van der Waals surface area contributed by atoms with Crippen LogP contribution in [0.3, 0.4) is 0 Å². The summed E-state index contributed by atoms with van der Waals surface area (Å²) in [6.07, 6.45) is -2.83. The molecule has 1 aliphatic heterocycles. The zero-order chi connectivity index (χ0) is 31.3. The van der Waals surface area contributed by atoms with E-state index in [9.17, 15) is 33.4 Å². The number of nitrogens with zero attached hydrogens (tertiary/aromatic N) is 2. The van der Waals surface area contributed by atoms with Gasteiger partial charge in [-0.15, -0.1) is 0 Å². The molecular formula is C32H36F2N4O5. The minimum absolute atomic E-state index is 0.00138. The predicted molar refractivity (Wildman–Crippen MR) is 158 cm³/mol. The van der Waals surface area contributed by atoms with E-state index >= 15 is 0 Å². The number of aliphatic hydroxyl groups excluding tert-OH is 1. The molecule has 1 heterocycles. The summed E-state index contributed by atoms with van der Waals surface area (Å²) in [7, 11) is 3.78. The number of likely N-dealkylation sites (tertiary alicyclic amines) is 1. The van der Waals surface area contributed by atoms with Gasteiger partial charge < -0.3 is 30.6 Å². The summed E-state index contributed by atoms with van der Waals surface area (Å²) in [5.41, 5.74) is 2.79. The quantitative estimate of drug-likeness (QED) is 0.286. The van der Waals surface area contributed by atoms with Crippen LogP contribution in [0.4, 0.5) is 14.5 Å². The van der Waals surface area contributed by atoms with E-state index in [0.717, 1.165) is 11.3 Å². The average molecular weight is 595 g/mol. The summed E-state index contributed by atoms with van der Waals surface area (Å²) in [4.78, 5) is 42.4. The average Bonchev–Trinajstić information content (AvgIpc) is 3.32. The number of nitrogens with one attached hydrogen (secondary N) is 2. The molecule has 0 aromatic heterocycles. The molecule has 43 heavy (non-hydrogen) atoms. The van der Waals surface area contributed by atoms with E-state index in [1.807, 2.05) is 31.1 Å². The first kappa shape index (κ1) is 31.4. The van der Waals surface area contributed by atoms with Gasteiger partial charge in [0.1, 0.15) is 11.8 Å². The third-order valence-corrected chi connectivity index (χ3v) is 7.57. The van der Waals surface area contributed by atoms with Gasteiger partial charge in [0.2, 0.25) is 5.91 Å². The Morgan fingerprint density at radius 3 is 2.33 bits per heavy atom. The van der Waals surface area contributed by atoms with Crippen molar-refractivity contribution in [1.82, 2.24) is 15.5 Å². The number of benzene rings is 3. The predicted octanol–water partition coefficient (Wildman–Crippen LogP) is 3.02. The summed E-state index contributed by atoms with van der Waals surface area (Å²) in [6.45, 7) is 0.565. The zero-order valence-electron chi connectivity index (χ0n) is 24.3. The number of carbonyl (C=O) groups excluding carboxylic acids is 3. The van der Waals surface area contributed by atoms with Crippen LogP contribution in [0.25, 0.3) is 0 Å². The van der Waals surface area contributed by atoms with E-state index in [-0.39, 0.29) is 24.3 Å². The van der Waals surface area contributed by atoms with Crippen LogP contribution in [0.15, 0.2) is 72.8 Å². The van der Waals surface area contributed by atoms with Gasteiger partial charge in [-0.05, 0) is 48.7 Å². The Balaban J connectivity index is 1.52. The lowest BCUT2D eigenvalue weighted by molar-refractivity contribution is -0.147. The minimum Gasteiger partial charge on any atom is -0.508 e. The van der Waals surface area contributed by atoms with Gasteiger partial charge in [-0.25, -0.2) is 8.78 Å². The molecule has 3 unspecified atom stereocenters. The first-order valence-corrected chi connectivity index (χ1v) is 13.9. The van der Waals surface area contributed by atoms with Gasteiger partial charge in [0.25, 0.3) is 17.7 Å². The normalized spacial score (nSPS) is 17.2. The number of anilines is 1. The van der Waals surface area contributed by atoms with Crippen molar-refractivity contribution >= 4 is 23.4 Å². The number of amides is 3. The van der Waals surface area contributed by atoms with Crippen LogP contribution in [0.1, 0.15) is 33.5 Å². The van der Waals surface area contributed by atoms with Crippen LogP contribution in [0.2, 0.25) is 0 Å². The van der Waals surface area contributed by atoms with Crippen molar-refractivity contribution in [1.29, 1.82) is 0 Å². The van der Waals surface area contributed by atoms with E-state index in [1.165, 1.54) is 18.2 Å².